The zero-order valence-electron chi connectivity index (χ0n) is 16.1. The lowest BCUT2D eigenvalue weighted by Gasteiger charge is -2.37. The number of rotatable bonds is 4. The summed E-state index contributed by atoms with van der Waals surface area (Å²) in [6, 6.07) is 12.3. The quantitative estimate of drug-likeness (QED) is 0.384. The van der Waals surface area contributed by atoms with E-state index in [1.54, 1.807) is 19.2 Å². The molecule has 1 saturated heterocycles. The van der Waals surface area contributed by atoms with Gasteiger partial charge in [-0.25, -0.2) is 4.39 Å². The molecule has 28 heavy (non-hydrogen) atoms. The second-order valence-electron chi connectivity index (χ2n) is 6.33. The average Bonchev–Trinajstić information content (AvgIpc) is 2.69. The van der Waals surface area contributed by atoms with Crippen molar-refractivity contribution in [1.29, 1.82) is 0 Å². The maximum atomic E-state index is 13.8. The highest BCUT2D eigenvalue weighted by molar-refractivity contribution is 14.0. The van der Waals surface area contributed by atoms with Crippen molar-refractivity contribution in [2.24, 2.45) is 4.99 Å². The van der Waals surface area contributed by atoms with E-state index >= 15 is 0 Å². The zero-order chi connectivity index (χ0) is 19.2. The number of halogens is 2. The van der Waals surface area contributed by atoms with Crippen LogP contribution in [0.4, 0.5) is 10.1 Å². The number of hydrogen-bond acceptors (Lipinski definition) is 4. The molecule has 0 amide bonds. The highest BCUT2D eigenvalue weighted by Gasteiger charge is 2.21. The average molecular weight is 500 g/mol. The van der Waals surface area contributed by atoms with Crippen LogP contribution in [0.5, 0.6) is 11.5 Å². The minimum atomic E-state index is -0.372. The monoisotopic (exact) mass is 500 g/mol. The van der Waals surface area contributed by atoms with E-state index in [0.29, 0.717) is 12.3 Å². The summed E-state index contributed by atoms with van der Waals surface area (Å²) in [5.74, 6) is 0.949. The molecule has 1 aliphatic heterocycles. The van der Waals surface area contributed by atoms with Gasteiger partial charge in [0.15, 0.2) is 17.5 Å². The number of phenolic OH excluding ortho intramolecular Hbond substituents is 1. The molecule has 0 spiro atoms. The summed E-state index contributed by atoms with van der Waals surface area (Å²) in [6.45, 7) is 3.62. The van der Waals surface area contributed by atoms with Gasteiger partial charge in [0.05, 0.1) is 12.8 Å². The van der Waals surface area contributed by atoms with E-state index in [1.165, 1.54) is 13.2 Å². The van der Waals surface area contributed by atoms with E-state index in [-0.39, 0.29) is 35.5 Å². The summed E-state index contributed by atoms with van der Waals surface area (Å²) < 4.78 is 18.8. The first-order valence-electron chi connectivity index (χ1n) is 8.93. The van der Waals surface area contributed by atoms with Crippen molar-refractivity contribution in [3.05, 3.63) is 53.8 Å². The summed E-state index contributed by atoms with van der Waals surface area (Å²) in [5, 5.41) is 13.3. The molecular weight excluding hydrogens is 474 g/mol. The number of nitrogens with zero attached hydrogens (tertiary/aromatic N) is 3. The smallest absolute Gasteiger partial charge is 0.194 e. The van der Waals surface area contributed by atoms with Gasteiger partial charge in [-0.2, -0.15) is 0 Å². The van der Waals surface area contributed by atoms with Gasteiger partial charge in [0.2, 0.25) is 0 Å². The molecule has 0 aliphatic carbocycles. The highest BCUT2D eigenvalue weighted by atomic mass is 127. The number of guanidine groups is 1. The number of piperazine rings is 1. The number of benzene rings is 2. The fourth-order valence-corrected chi connectivity index (χ4v) is 3.22. The molecule has 0 bridgehead atoms. The third-order valence-electron chi connectivity index (χ3n) is 4.68. The van der Waals surface area contributed by atoms with Gasteiger partial charge in [-0.3, -0.25) is 4.99 Å². The summed E-state index contributed by atoms with van der Waals surface area (Å²) in [4.78, 5) is 8.67. The molecule has 2 aromatic rings. The maximum Gasteiger partial charge on any atom is 0.194 e. The summed E-state index contributed by atoms with van der Waals surface area (Å²) in [6.07, 6.45) is 0. The van der Waals surface area contributed by atoms with Crippen molar-refractivity contribution >= 4 is 35.6 Å². The molecule has 152 valence electrons. The number of anilines is 1. The van der Waals surface area contributed by atoms with Crippen LogP contribution in [0.25, 0.3) is 0 Å². The molecule has 0 aromatic heterocycles. The van der Waals surface area contributed by atoms with Crippen LogP contribution in [0, 0.1) is 5.82 Å². The van der Waals surface area contributed by atoms with Gasteiger partial charge in [0, 0.05) is 39.8 Å². The Kier molecular flexibility index (Phi) is 8.16. The first-order valence-corrected chi connectivity index (χ1v) is 8.93. The van der Waals surface area contributed by atoms with Crippen LogP contribution >= 0.6 is 24.0 Å². The van der Waals surface area contributed by atoms with Crippen molar-refractivity contribution in [2.45, 2.75) is 6.54 Å². The fraction of sp³-hybridized carbons (Fsp3) is 0.350. The molecule has 0 atom stereocenters. The largest absolute Gasteiger partial charge is 0.506 e. The number of phenols is 1. The minimum Gasteiger partial charge on any atom is -0.506 e. The van der Waals surface area contributed by atoms with Crippen LogP contribution < -0.4 is 15.0 Å². The van der Waals surface area contributed by atoms with Gasteiger partial charge in [-0.1, -0.05) is 18.2 Å². The molecular formula is C20H26FIN4O2. The molecule has 8 heteroatoms. The van der Waals surface area contributed by atoms with Crippen LogP contribution in [-0.4, -0.2) is 56.3 Å². The minimum absolute atomic E-state index is 0. The number of nitrogens with one attached hydrogen (secondary N) is 1. The molecule has 0 unspecified atom stereocenters. The Morgan fingerprint density at radius 1 is 1.18 bits per heavy atom. The highest BCUT2D eigenvalue weighted by Crippen LogP contribution is 2.27. The number of methoxy groups -OCH3 is 1. The molecule has 3 rings (SSSR count). The summed E-state index contributed by atoms with van der Waals surface area (Å²) in [7, 11) is 3.19. The predicted octanol–water partition coefficient (Wildman–Crippen LogP) is 3.06. The van der Waals surface area contributed by atoms with Gasteiger partial charge < -0.3 is 25.0 Å². The molecule has 2 aromatic carbocycles. The van der Waals surface area contributed by atoms with Crippen LogP contribution in [0.3, 0.4) is 0 Å². The lowest BCUT2D eigenvalue weighted by Crippen LogP contribution is -2.52. The predicted molar refractivity (Wildman–Crippen MR) is 120 cm³/mol. The Morgan fingerprint density at radius 2 is 1.89 bits per heavy atom. The Morgan fingerprint density at radius 3 is 2.50 bits per heavy atom. The number of hydrogen-bond donors (Lipinski definition) is 2. The summed E-state index contributed by atoms with van der Waals surface area (Å²) >= 11 is 0. The second-order valence-corrected chi connectivity index (χ2v) is 6.33. The van der Waals surface area contributed by atoms with Gasteiger partial charge in [0.1, 0.15) is 5.75 Å². The van der Waals surface area contributed by atoms with Crippen molar-refractivity contribution in [3.8, 4) is 11.5 Å². The Balaban J connectivity index is 0.00000280. The molecule has 0 radical (unpaired) electrons. The topological polar surface area (TPSA) is 60.3 Å². The van der Waals surface area contributed by atoms with E-state index < -0.39 is 0 Å². The SMILES string of the molecule is CN=C(NCc1ccc(OC)c(F)c1)N1CCN(c2ccccc2O)CC1.I. The van der Waals surface area contributed by atoms with Crippen molar-refractivity contribution in [1.82, 2.24) is 10.2 Å². The molecule has 2 N–H and O–H groups in total. The second kappa shape index (κ2) is 10.4. The van der Waals surface area contributed by atoms with Crippen molar-refractivity contribution in [2.75, 3.05) is 45.2 Å². The number of para-hydroxylation sites is 2. The van der Waals surface area contributed by atoms with Gasteiger partial charge >= 0.3 is 0 Å². The molecule has 1 heterocycles. The standard InChI is InChI=1S/C20H25FN4O2.HI/c1-22-20(23-14-15-7-8-19(27-2)16(21)13-15)25-11-9-24(10-12-25)17-5-3-4-6-18(17)26;/h3-8,13,26H,9-12,14H2,1-2H3,(H,22,23);1H. The maximum absolute atomic E-state index is 13.8. The molecule has 1 aliphatic rings. The van der Waals surface area contributed by atoms with Crippen LogP contribution in [0.15, 0.2) is 47.5 Å². The first kappa shape index (κ1) is 22.1. The van der Waals surface area contributed by atoms with E-state index in [1.807, 2.05) is 24.3 Å². The third-order valence-corrected chi connectivity index (χ3v) is 4.68. The van der Waals surface area contributed by atoms with Crippen LogP contribution in [0.2, 0.25) is 0 Å². The Bertz CT molecular complexity index is 811. The van der Waals surface area contributed by atoms with E-state index in [2.05, 4.69) is 20.1 Å². The fourth-order valence-electron chi connectivity index (χ4n) is 3.22. The lowest BCUT2D eigenvalue weighted by atomic mass is 10.2. The Labute approximate surface area is 182 Å². The van der Waals surface area contributed by atoms with Crippen LogP contribution in [0.1, 0.15) is 5.56 Å². The van der Waals surface area contributed by atoms with Gasteiger partial charge in [0.25, 0.3) is 0 Å². The zero-order valence-corrected chi connectivity index (χ0v) is 18.4. The van der Waals surface area contributed by atoms with E-state index in [4.69, 9.17) is 4.74 Å². The lowest BCUT2D eigenvalue weighted by molar-refractivity contribution is 0.369. The van der Waals surface area contributed by atoms with Crippen LogP contribution in [-0.2, 0) is 6.54 Å². The molecule has 0 saturated carbocycles. The molecule has 1 fully saturated rings. The van der Waals surface area contributed by atoms with E-state index in [9.17, 15) is 9.50 Å². The number of ether oxygens (including phenoxy) is 1. The van der Waals surface area contributed by atoms with Crippen molar-refractivity contribution in [3.63, 3.8) is 0 Å². The Hall–Kier alpha value is -2.23. The third kappa shape index (κ3) is 5.18. The summed E-state index contributed by atoms with van der Waals surface area (Å²) in [5.41, 5.74) is 1.68. The number of aliphatic imine (C=N–C) groups is 1. The first-order chi connectivity index (χ1) is 13.1. The van der Waals surface area contributed by atoms with Gasteiger partial charge in [-0.05, 0) is 29.8 Å². The molecule has 6 nitrogen and oxygen atoms in total. The normalized spacial score (nSPS) is 14.5. The van der Waals surface area contributed by atoms with E-state index in [0.717, 1.165) is 43.4 Å². The van der Waals surface area contributed by atoms with Crippen molar-refractivity contribution < 1.29 is 14.2 Å². The number of aromatic hydroxyl groups is 1. The van der Waals surface area contributed by atoms with Gasteiger partial charge in [-0.15, -0.1) is 24.0 Å².